The highest BCUT2D eigenvalue weighted by molar-refractivity contribution is 7.91. The number of nitrogens with zero attached hydrogens (tertiary/aromatic N) is 1. The van der Waals surface area contributed by atoms with E-state index in [1.165, 1.54) is 12.5 Å². The third-order valence-electron chi connectivity index (χ3n) is 5.51. The number of hydrogen-bond acceptors (Lipinski definition) is 4. The maximum Gasteiger partial charge on any atom is 0.225 e. The summed E-state index contributed by atoms with van der Waals surface area (Å²) in [5.41, 5.74) is 3.72. The standard InChI is InChI=1S/C23H28N2O4S/c1-3-25(17(2)26)16-20-7-4-5-10-22(20)24-23(27)13-14-30(28,29)21-12-11-18-8-6-9-19(18)15-21/h4-5,7,10-12,15H,3,6,8-9,13-14,16H2,1-2H3,(H,24,27). The van der Waals surface area contributed by atoms with E-state index in [2.05, 4.69) is 5.32 Å². The van der Waals surface area contributed by atoms with E-state index in [0.29, 0.717) is 18.8 Å². The summed E-state index contributed by atoms with van der Waals surface area (Å²) < 4.78 is 25.4. The molecule has 0 saturated carbocycles. The molecule has 0 heterocycles. The fourth-order valence-electron chi connectivity index (χ4n) is 3.73. The molecule has 0 atom stereocenters. The molecular formula is C23H28N2O4S. The van der Waals surface area contributed by atoms with E-state index in [9.17, 15) is 18.0 Å². The zero-order valence-electron chi connectivity index (χ0n) is 17.5. The van der Waals surface area contributed by atoms with Crippen molar-refractivity contribution in [3.63, 3.8) is 0 Å². The van der Waals surface area contributed by atoms with Gasteiger partial charge in [-0.2, -0.15) is 0 Å². The van der Waals surface area contributed by atoms with Crippen LogP contribution < -0.4 is 5.32 Å². The van der Waals surface area contributed by atoms with E-state index in [1.807, 2.05) is 25.1 Å². The van der Waals surface area contributed by atoms with Crippen molar-refractivity contribution in [2.75, 3.05) is 17.6 Å². The molecule has 30 heavy (non-hydrogen) atoms. The predicted octanol–water partition coefficient (Wildman–Crippen LogP) is 3.35. The van der Waals surface area contributed by atoms with Crippen molar-refractivity contribution in [3.8, 4) is 0 Å². The summed E-state index contributed by atoms with van der Waals surface area (Å²) in [5, 5.41) is 2.80. The minimum absolute atomic E-state index is 0.0425. The van der Waals surface area contributed by atoms with Crippen LogP contribution in [0.5, 0.6) is 0 Å². The Morgan fingerprint density at radius 1 is 1.07 bits per heavy atom. The summed E-state index contributed by atoms with van der Waals surface area (Å²) in [7, 11) is -3.53. The van der Waals surface area contributed by atoms with Gasteiger partial charge >= 0.3 is 0 Å². The molecule has 0 fully saturated rings. The Morgan fingerprint density at radius 3 is 2.53 bits per heavy atom. The van der Waals surface area contributed by atoms with Crippen LogP contribution >= 0.6 is 0 Å². The molecule has 1 aliphatic carbocycles. The molecule has 2 aromatic carbocycles. The van der Waals surface area contributed by atoms with Crippen LogP contribution in [0.3, 0.4) is 0 Å². The molecule has 2 aromatic rings. The number of benzene rings is 2. The lowest BCUT2D eigenvalue weighted by Gasteiger charge is -2.21. The van der Waals surface area contributed by atoms with E-state index in [-0.39, 0.29) is 28.9 Å². The Bertz CT molecular complexity index is 1050. The van der Waals surface area contributed by atoms with E-state index in [4.69, 9.17) is 0 Å². The largest absolute Gasteiger partial charge is 0.339 e. The minimum atomic E-state index is -3.53. The van der Waals surface area contributed by atoms with Gasteiger partial charge in [-0.15, -0.1) is 0 Å². The lowest BCUT2D eigenvalue weighted by atomic mass is 10.1. The monoisotopic (exact) mass is 428 g/mol. The molecule has 6 nitrogen and oxygen atoms in total. The number of rotatable bonds is 8. The molecule has 0 aliphatic heterocycles. The number of para-hydroxylation sites is 1. The highest BCUT2D eigenvalue weighted by Gasteiger charge is 2.20. The number of carbonyl (C=O) groups excluding carboxylic acids is 2. The number of sulfone groups is 1. The van der Waals surface area contributed by atoms with E-state index in [1.54, 1.807) is 29.2 Å². The van der Waals surface area contributed by atoms with Crippen molar-refractivity contribution >= 4 is 27.3 Å². The van der Waals surface area contributed by atoms with Gasteiger partial charge in [-0.25, -0.2) is 8.42 Å². The Hall–Kier alpha value is -2.67. The normalized spacial score (nSPS) is 13.0. The Balaban J connectivity index is 1.64. The topological polar surface area (TPSA) is 83.6 Å². The van der Waals surface area contributed by atoms with Gasteiger partial charge in [-0.1, -0.05) is 24.3 Å². The van der Waals surface area contributed by atoms with Gasteiger partial charge in [0.25, 0.3) is 0 Å². The molecule has 7 heteroatoms. The molecule has 0 unspecified atom stereocenters. The fourth-order valence-corrected chi connectivity index (χ4v) is 5.02. The summed E-state index contributed by atoms with van der Waals surface area (Å²) in [6, 6.07) is 12.5. The Labute approximate surface area is 178 Å². The number of carbonyl (C=O) groups is 2. The molecule has 0 saturated heterocycles. The van der Waals surface area contributed by atoms with Gasteiger partial charge in [0, 0.05) is 32.1 Å². The van der Waals surface area contributed by atoms with Gasteiger partial charge in [-0.05, 0) is 61.1 Å². The minimum Gasteiger partial charge on any atom is -0.339 e. The number of nitrogens with one attached hydrogen (secondary N) is 1. The molecular weight excluding hydrogens is 400 g/mol. The summed E-state index contributed by atoms with van der Waals surface area (Å²) in [6.45, 7) is 4.35. The van der Waals surface area contributed by atoms with E-state index in [0.717, 1.165) is 30.4 Å². The molecule has 0 radical (unpaired) electrons. The first-order valence-electron chi connectivity index (χ1n) is 10.3. The maximum absolute atomic E-state index is 12.7. The van der Waals surface area contributed by atoms with Crippen LogP contribution in [-0.4, -0.2) is 37.4 Å². The average molecular weight is 429 g/mol. The van der Waals surface area contributed by atoms with Crippen LogP contribution in [0, 0.1) is 0 Å². The van der Waals surface area contributed by atoms with Gasteiger partial charge in [-0.3, -0.25) is 9.59 Å². The molecule has 0 bridgehead atoms. The van der Waals surface area contributed by atoms with Gasteiger partial charge < -0.3 is 10.2 Å². The van der Waals surface area contributed by atoms with E-state index >= 15 is 0 Å². The molecule has 0 spiro atoms. The first kappa shape index (κ1) is 22.0. The molecule has 160 valence electrons. The number of anilines is 1. The van der Waals surface area contributed by atoms with Crippen molar-refractivity contribution in [1.82, 2.24) is 4.90 Å². The smallest absolute Gasteiger partial charge is 0.225 e. The number of aryl methyl sites for hydroxylation is 2. The lowest BCUT2D eigenvalue weighted by molar-refractivity contribution is -0.129. The average Bonchev–Trinajstić information content (AvgIpc) is 3.19. The van der Waals surface area contributed by atoms with Gasteiger partial charge in [0.15, 0.2) is 9.84 Å². The number of amides is 2. The molecule has 0 aromatic heterocycles. The zero-order chi connectivity index (χ0) is 21.7. The Morgan fingerprint density at radius 2 is 1.80 bits per heavy atom. The SMILES string of the molecule is CCN(Cc1ccccc1NC(=O)CCS(=O)(=O)c1ccc2c(c1)CCC2)C(C)=O. The third-order valence-corrected chi connectivity index (χ3v) is 7.22. The second kappa shape index (κ2) is 9.43. The van der Waals surface area contributed by atoms with Gasteiger partial charge in [0.05, 0.1) is 10.6 Å². The zero-order valence-corrected chi connectivity index (χ0v) is 18.3. The summed E-state index contributed by atoms with van der Waals surface area (Å²) in [6.07, 6.45) is 2.83. The van der Waals surface area contributed by atoms with Crippen LogP contribution in [0.1, 0.15) is 43.4 Å². The van der Waals surface area contributed by atoms with Crippen LogP contribution in [0.2, 0.25) is 0 Å². The second-order valence-corrected chi connectivity index (χ2v) is 9.70. The van der Waals surface area contributed by atoms with Crippen molar-refractivity contribution in [1.29, 1.82) is 0 Å². The third kappa shape index (κ3) is 5.27. The molecule has 1 aliphatic rings. The van der Waals surface area contributed by atoms with Crippen molar-refractivity contribution < 1.29 is 18.0 Å². The van der Waals surface area contributed by atoms with Crippen molar-refractivity contribution in [2.24, 2.45) is 0 Å². The Kier molecular flexibility index (Phi) is 6.92. The first-order valence-corrected chi connectivity index (χ1v) is 11.9. The van der Waals surface area contributed by atoms with Crippen LogP contribution in [0.25, 0.3) is 0 Å². The first-order chi connectivity index (χ1) is 14.3. The van der Waals surface area contributed by atoms with Crippen molar-refractivity contribution in [3.05, 3.63) is 59.2 Å². The highest BCUT2D eigenvalue weighted by atomic mass is 32.2. The quantitative estimate of drug-likeness (QED) is 0.699. The molecule has 1 N–H and O–H groups in total. The predicted molar refractivity (Wildman–Crippen MR) is 117 cm³/mol. The maximum atomic E-state index is 12.7. The van der Waals surface area contributed by atoms with Crippen LogP contribution in [0.15, 0.2) is 47.4 Å². The fraction of sp³-hybridized carbons (Fsp3) is 0.391. The van der Waals surface area contributed by atoms with Gasteiger partial charge in [0.2, 0.25) is 11.8 Å². The second-order valence-electron chi connectivity index (χ2n) is 7.59. The van der Waals surface area contributed by atoms with Gasteiger partial charge in [0.1, 0.15) is 0 Å². The molecule has 3 rings (SSSR count). The summed E-state index contributed by atoms with van der Waals surface area (Å²) in [5.74, 6) is -0.647. The van der Waals surface area contributed by atoms with Crippen molar-refractivity contribution in [2.45, 2.75) is 51.0 Å². The summed E-state index contributed by atoms with van der Waals surface area (Å²) >= 11 is 0. The van der Waals surface area contributed by atoms with E-state index < -0.39 is 9.84 Å². The number of hydrogen-bond donors (Lipinski definition) is 1. The van der Waals surface area contributed by atoms with Crippen LogP contribution in [0.4, 0.5) is 5.69 Å². The van der Waals surface area contributed by atoms with Crippen LogP contribution in [-0.2, 0) is 38.8 Å². The summed E-state index contributed by atoms with van der Waals surface area (Å²) in [4.78, 5) is 26.1. The lowest BCUT2D eigenvalue weighted by Crippen LogP contribution is -2.28. The molecule has 2 amide bonds. The number of fused-ring (bicyclic) bond motifs is 1. The highest BCUT2D eigenvalue weighted by Crippen LogP contribution is 2.25.